The average Bonchev–Trinajstić information content (AvgIpc) is 2.75. The van der Waals surface area contributed by atoms with Crippen molar-refractivity contribution >= 4 is 27.5 Å². The van der Waals surface area contributed by atoms with E-state index in [2.05, 4.69) is 27.3 Å². The van der Waals surface area contributed by atoms with Gasteiger partial charge in [-0.2, -0.15) is 5.26 Å². The number of halogens is 1. The van der Waals surface area contributed by atoms with Crippen molar-refractivity contribution in [1.82, 2.24) is 0 Å². The SMILES string of the molecule is CCOc1cc(C#N)cc(Br)c1OCC(=O)Nc1ccccc1Oc1ccccc1. The number of carbonyl (C=O) groups is 1. The lowest BCUT2D eigenvalue weighted by atomic mass is 10.2. The van der Waals surface area contributed by atoms with Crippen molar-refractivity contribution in [2.45, 2.75) is 6.92 Å². The molecule has 3 aromatic rings. The lowest BCUT2D eigenvalue weighted by molar-refractivity contribution is -0.118. The van der Waals surface area contributed by atoms with Gasteiger partial charge < -0.3 is 19.5 Å². The lowest BCUT2D eigenvalue weighted by Gasteiger charge is -2.15. The highest BCUT2D eigenvalue weighted by Gasteiger charge is 2.15. The summed E-state index contributed by atoms with van der Waals surface area (Å²) in [5, 5.41) is 11.9. The Morgan fingerprint density at radius 3 is 2.50 bits per heavy atom. The number of anilines is 1. The van der Waals surface area contributed by atoms with Gasteiger partial charge in [0.15, 0.2) is 23.9 Å². The molecule has 0 aliphatic rings. The summed E-state index contributed by atoms with van der Waals surface area (Å²) in [7, 11) is 0. The summed E-state index contributed by atoms with van der Waals surface area (Å²) in [6, 6.07) is 21.7. The third-order valence-electron chi connectivity index (χ3n) is 3.92. The maximum atomic E-state index is 12.5. The first-order valence-corrected chi connectivity index (χ1v) is 10.0. The highest BCUT2D eigenvalue weighted by molar-refractivity contribution is 9.10. The minimum Gasteiger partial charge on any atom is -0.490 e. The van der Waals surface area contributed by atoms with Gasteiger partial charge in [0.2, 0.25) is 0 Å². The van der Waals surface area contributed by atoms with E-state index in [0.717, 1.165) is 0 Å². The van der Waals surface area contributed by atoms with Gasteiger partial charge in [-0.05, 0) is 53.2 Å². The minimum absolute atomic E-state index is 0.246. The summed E-state index contributed by atoms with van der Waals surface area (Å²) >= 11 is 3.37. The molecule has 0 aromatic heterocycles. The van der Waals surface area contributed by atoms with Gasteiger partial charge in [0.1, 0.15) is 5.75 Å². The molecule has 0 heterocycles. The maximum absolute atomic E-state index is 12.5. The largest absolute Gasteiger partial charge is 0.490 e. The van der Waals surface area contributed by atoms with Crippen molar-refractivity contribution in [3.8, 4) is 29.1 Å². The number of nitrogens with one attached hydrogen (secondary N) is 1. The van der Waals surface area contributed by atoms with Crippen LogP contribution in [0.15, 0.2) is 71.2 Å². The van der Waals surface area contributed by atoms with Crippen LogP contribution in [0.1, 0.15) is 12.5 Å². The highest BCUT2D eigenvalue weighted by Crippen LogP contribution is 2.37. The molecule has 1 N–H and O–H groups in total. The molecule has 3 aromatic carbocycles. The molecule has 152 valence electrons. The average molecular weight is 467 g/mol. The number of benzene rings is 3. The summed E-state index contributed by atoms with van der Waals surface area (Å²) in [6.07, 6.45) is 0. The van der Waals surface area contributed by atoms with E-state index in [1.807, 2.05) is 43.3 Å². The number of amides is 1. The number of para-hydroxylation sites is 3. The van der Waals surface area contributed by atoms with Crippen molar-refractivity contribution in [3.05, 3.63) is 76.8 Å². The molecule has 0 unspecified atom stereocenters. The standard InChI is InChI=1S/C23H19BrN2O4/c1-2-28-21-13-16(14-25)12-18(24)23(21)29-15-22(27)26-19-10-6-7-11-20(19)30-17-8-4-3-5-9-17/h3-13H,2,15H2,1H3,(H,26,27). The third-order valence-corrected chi connectivity index (χ3v) is 4.51. The quantitative estimate of drug-likeness (QED) is 0.471. The first-order valence-electron chi connectivity index (χ1n) is 9.21. The summed E-state index contributed by atoms with van der Waals surface area (Å²) in [6.45, 7) is 1.98. The zero-order valence-corrected chi connectivity index (χ0v) is 17.8. The molecule has 30 heavy (non-hydrogen) atoms. The molecule has 7 heteroatoms. The molecule has 0 aliphatic carbocycles. The second-order valence-corrected chi connectivity index (χ2v) is 6.93. The normalized spacial score (nSPS) is 10.0. The van der Waals surface area contributed by atoms with Crippen molar-refractivity contribution in [3.63, 3.8) is 0 Å². The smallest absolute Gasteiger partial charge is 0.262 e. The van der Waals surface area contributed by atoms with Gasteiger partial charge in [-0.25, -0.2) is 0 Å². The number of carbonyl (C=O) groups excluding carboxylic acids is 1. The topological polar surface area (TPSA) is 80.6 Å². The third kappa shape index (κ3) is 5.52. The van der Waals surface area contributed by atoms with Gasteiger partial charge in [0, 0.05) is 6.07 Å². The lowest BCUT2D eigenvalue weighted by Crippen LogP contribution is -2.20. The van der Waals surface area contributed by atoms with Crippen LogP contribution in [0.3, 0.4) is 0 Å². The summed E-state index contributed by atoms with van der Waals surface area (Å²) in [4.78, 5) is 12.5. The van der Waals surface area contributed by atoms with Crippen molar-refractivity contribution < 1.29 is 19.0 Å². The molecular formula is C23H19BrN2O4. The van der Waals surface area contributed by atoms with Crippen LogP contribution in [0, 0.1) is 11.3 Å². The number of hydrogen-bond donors (Lipinski definition) is 1. The van der Waals surface area contributed by atoms with Crippen LogP contribution in [-0.2, 0) is 4.79 Å². The molecule has 0 fully saturated rings. The van der Waals surface area contributed by atoms with E-state index in [1.54, 1.807) is 30.3 Å². The van der Waals surface area contributed by atoms with Gasteiger partial charge in [0.25, 0.3) is 5.91 Å². The highest BCUT2D eigenvalue weighted by atomic mass is 79.9. The predicted molar refractivity (Wildman–Crippen MR) is 117 cm³/mol. The van der Waals surface area contributed by atoms with Crippen molar-refractivity contribution in [2.24, 2.45) is 0 Å². The van der Waals surface area contributed by atoms with Crippen molar-refractivity contribution in [2.75, 3.05) is 18.5 Å². The zero-order chi connectivity index (χ0) is 21.3. The molecular weight excluding hydrogens is 448 g/mol. The van der Waals surface area contributed by atoms with E-state index in [0.29, 0.717) is 45.3 Å². The van der Waals surface area contributed by atoms with Gasteiger partial charge in [-0.3, -0.25) is 4.79 Å². The predicted octanol–water partition coefficient (Wildman–Crippen LogP) is 5.53. The van der Waals surface area contributed by atoms with Crippen LogP contribution < -0.4 is 19.5 Å². The molecule has 1 amide bonds. The molecule has 3 rings (SSSR count). The van der Waals surface area contributed by atoms with E-state index in [1.165, 1.54) is 0 Å². The number of ether oxygens (including phenoxy) is 3. The summed E-state index contributed by atoms with van der Waals surface area (Å²) in [5.41, 5.74) is 0.952. The monoisotopic (exact) mass is 466 g/mol. The molecule has 0 spiro atoms. The van der Waals surface area contributed by atoms with Crippen LogP contribution in [-0.4, -0.2) is 19.1 Å². The molecule has 0 bridgehead atoms. The second-order valence-electron chi connectivity index (χ2n) is 6.08. The molecule has 6 nitrogen and oxygen atoms in total. The second kappa shape index (κ2) is 10.3. The van der Waals surface area contributed by atoms with Crippen LogP contribution in [0.25, 0.3) is 0 Å². The van der Waals surface area contributed by atoms with Gasteiger partial charge in [-0.1, -0.05) is 30.3 Å². The molecule has 0 saturated carbocycles. The Kier molecular flexibility index (Phi) is 7.30. The van der Waals surface area contributed by atoms with Gasteiger partial charge in [-0.15, -0.1) is 0 Å². The minimum atomic E-state index is -0.363. The number of hydrogen-bond acceptors (Lipinski definition) is 5. The Bertz CT molecular complexity index is 1060. The van der Waals surface area contributed by atoms with E-state index >= 15 is 0 Å². The van der Waals surface area contributed by atoms with Gasteiger partial charge in [0.05, 0.1) is 28.4 Å². The van der Waals surface area contributed by atoms with E-state index in [9.17, 15) is 4.79 Å². The number of rotatable bonds is 8. The Balaban J connectivity index is 1.70. The molecule has 0 saturated heterocycles. The first-order chi connectivity index (χ1) is 14.6. The van der Waals surface area contributed by atoms with E-state index < -0.39 is 0 Å². The summed E-state index contributed by atoms with van der Waals surface area (Å²) < 4.78 is 17.6. The first kappa shape index (κ1) is 21.2. The fraction of sp³-hybridized carbons (Fsp3) is 0.130. The number of nitrogens with zero attached hydrogens (tertiary/aromatic N) is 1. The van der Waals surface area contributed by atoms with E-state index in [4.69, 9.17) is 19.5 Å². The Morgan fingerprint density at radius 1 is 1.03 bits per heavy atom. The van der Waals surface area contributed by atoms with Crippen LogP contribution in [0.4, 0.5) is 5.69 Å². The van der Waals surface area contributed by atoms with Crippen LogP contribution in [0.5, 0.6) is 23.0 Å². The fourth-order valence-electron chi connectivity index (χ4n) is 2.63. The van der Waals surface area contributed by atoms with Crippen molar-refractivity contribution in [1.29, 1.82) is 5.26 Å². The Hall–Kier alpha value is -3.50. The fourth-order valence-corrected chi connectivity index (χ4v) is 3.19. The van der Waals surface area contributed by atoms with Crippen LogP contribution in [0.2, 0.25) is 0 Å². The van der Waals surface area contributed by atoms with Gasteiger partial charge >= 0.3 is 0 Å². The molecule has 0 aliphatic heterocycles. The summed E-state index contributed by atoms with van der Waals surface area (Å²) in [5.74, 6) is 1.58. The maximum Gasteiger partial charge on any atom is 0.262 e. The molecule has 0 atom stereocenters. The van der Waals surface area contributed by atoms with E-state index in [-0.39, 0.29) is 12.5 Å². The Labute approximate surface area is 183 Å². The Morgan fingerprint density at radius 2 is 1.77 bits per heavy atom. The zero-order valence-electron chi connectivity index (χ0n) is 16.2. The number of nitriles is 1. The van der Waals surface area contributed by atoms with Crippen LogP contribution >= 0.6 is 15.9 Å². The molecule has 0 radical (unpaired) electrons.